The number of hydrogen-bond donors (Lipinski definition) is 6. The average Bonchev–Trinajstić information content (AvgIpc) is 3.63. The van der Waals surface area contributed by atoms with Gasteiger partial charge in [0.05, 0.1) is 6.54 Å². The number of H-pyrrole nitrogens is 1. The molecule has 13 nitrogen and oxygen atoms in total. The van der Waals surface area contributed by atoms with E-state index in [0.29, 0.717) is 19.4 Å². The van der Waals surface area contributed by atoms with E-state index in [1.54, 1.807) is 33.9 Å². The molecule has 0 bridgehead atoms. The second-order valence-corrected chi connectivity index (χ2v) is 12.3. The van der Waals surface area contributed by atoms with Crippen LogP contribution in [0.2, 0.25) is 0 Å². The predicted octanol–water partition coefficient (Wildman–Crippen LogP) is 0.102. The van der Waals surface area contributed by atoms with Gasteiger partial charge in [0.15, 0.2) is 0 Å². The molecule has 2 aliphatic heterocycles. The van der Waals surface area contributed by atoms with Crippen molar-refractivity contribution >= 4 is 46.3 Å². The van der Waals surface area contributed by atoms with Crippen molar-refractivity contribution in [3.8, 4) is 0 Å². The fourth-order valence-corrected chi connectivity index (χ4v) is 5.70. The van der Waals surface area contributed by atoms with Gasteiger partial charge in [-0.25, -0.2) is 0 Å². The van der Waals surface area contributed by atoms with E-state index in [9.17, 15) is 28.8 Å². The van der Waals surface area contributed by atoms with E-state index >= 15 is 0 Å². The Kier molecular flexibility index (Phi) is 10.3. The maximum atomic E-state index is 13.9. The van der Waals surface area contributed by atoms with Crippen molar-refractivity contribution in [2.45, 2.75) is 84.1 Å². The Morgan fingerprint density at radius 2 is 1.50 bits per heavy atom. The Labute approximate surface area is 256 Å². The predicted molar refractivity (Wildman–Crippen MR) is 163 cm³/mol. The molecule has 5 atom stereocenters. The molecule has 0 radical (unpaired) electrons. The highest BCUT2D eigenvalue weighted by Gasteiger charge is 2.41. The Morgan fingerprint density at radius 1 is 0.818 bits per heavy atom. The zero-order valence-corrected chi connectivity index (χ0v) is 25.9. The Bertz CT molecular complexity index is 1420. The van der Waals surface area contributed by atoms with Crippen molar-refractivity contribution < 1.29 is 28.8 Å². The molecule has 1 aromatic heterocycles. The quantitative estimate of drug-likeness (QED) is 0.286. The molecule has 6 N–H and O–H groups in total. The number of benzene rings is 1. The first-order chi connectivity index (χ1) is 20.9. The van der Waals surface area contributed by atoms with Gasteiger partial charge in [-0.05, 0) is 43.2 Å². The number of para-hydroxylation sites is 1. The van der Waals surface area contributed by atoms with Gasteiger partial charge in [0, 0.05) is 30.1 Å². The van der Waals surface area contributed by atoms with Gasteiger partial charge in [-0.1, -0.05) is 45.9 Å². The summed E-state index contributed by atoms with van der Waals surface area (Å²) in [4.78, 5) is 84.7. The van der Waals surface area contributed by atoms with E-state index in [-0.39, 0.29) is 18.3 Å². The number of nitrogens with zero attached hydrogens (tertiary/aromatic N) is 1. The van der Waals surface area contributed by atoms with Crippen molar-refractivity contribution in [3.63, 3.8) is 0 Å². The molecule has 0 saturated carbocycles. The fraction of sp³-hybridized carbons (Fsp3) is 0.548. The van der Waals surface area contributed by atoms with Gasteiger partial charge in [-0.3, -0.25) is 28.8 Å². The monoisotopic (exact) mass is 609 g/mol. The lowest BCUT2D eigenvalue weighted by atomic mass is 9.99. The summed E-state index contributed by atoms with van der Waals surface area (Å²) < 4.78 is 0. The Hall–Kier alpha value is -4.42. The van der Waals surface area contributed by atoms with Gasteiger partial charge in [0.25, 0.3) is 0 Å². The summed E-state index contributed by atoms with van der Waals surface area (Å²) in [5, 5.41) is 14.3. The van der Waals surface area contributed by atoms with Gasteiger partial charge >= 0.3 is 0 Å². The Morgan fingerprint density at radius 3 is 2.20 bits per heavy atom. The molecular formula is C31H43N7O6. The number of nitrogens with one attached hydrogen (secondary N) is 6. The largest absolute Gasteiger partial charge is 0.361 e. The minimum Gasteiger partial charge on any atom is -0.361 e. The number of fused-ring (bicyclic) bond motifs is 2. The van der Waals surface area contributed by atoms with E-state index in [1.807, 2.05) is 24.3 Å². The first-order valence-electron chi connectivity index (χ1n) is 15.2. The van der Waals surface area contributed by atoms with Gasteiger partial charge in [-0.2, -0.15) is 0 Å². The van der Waals surface area contributed by atoms with Crippen LogP contribution in [0.15, 0.2) is 30.5 Å². The number of rotatable bonds is 4. The van der Waals surface area contributed by atoms with Gasteiger partial charge in [-0.15, -0.1) is 0 Å². The third kappa shape index (κ3) is 7.37. The fourth-order valence-electron chi connectivity index (χ4n) is 5.70. The minimum absolute atomic E-state index is 0.114. The molecule has 0 unspecified atom stereocenters. The van der Waals surface area contributed by atoms with E-state index in [0.717, 1.165) is 16.5 Å². The van der Waals surface area contributed by atoms with E-state index in [4.69, 9.17) is 0 Å². The standard InChI is InChI=1S/C31H43N7O6/c1-16(2)25-30(43)33-15-24(39)34-18(5)27(40)35-22(13-19-14-32-21-10-7-6-9-20(19)21)28(41)37-26(17(3)4)31(44)38-12-8-11-23(38)29(42)36-25/h6-7,9-10,14,16-18,22-23,25-26,32H,8,11-13,15H2,1-5H3,(H,33,43)(H,34,39)(H,35,40)(H,36,42)(H,37,41)/t18-,22-,23+,25+,26+/m0/s1. The average molecular weight is 610 g/mol. The normalized spacial score (nSPS) is 26.4. The molecule has 3 heterocycles. The van der Waals surface area contributed by atoms with Crippen LogP contribution in [0.1, 0.15) is 53.0 Å². The number of carbonyl (C=O) groups excluding carboxylic acids is 6. The zero-order chi connectivity index (χ0) is 32.1. The first-order valence-corrected chi connectivity index (χ1v) is 15.2. The minimum atomic E-state index is -1.09. The molecule has 44 heavy (non-hydrogen) atoms. The number of hydrogen-bond acceptors (Lipinski definition) is 6. The summed E-state index contributed by atoms with van der Waals surface area (Å²) in [6.45, 7) is 8.49. The summed E-state index contributed by atoms with van der Waals surface area (Å²) in [7, 11) is 0. The molecule has 6 amide bonds. The van der Waals surface area contributed by atoms with E-state index in [2.05, 4.69) is 31.6 Å². The van der Waals surface area contributed by atoms with Crippen LogP contribution < -0.4 is 26.6 Å². The molecule has 2 fully saturated rings. The van der Waals surface area contributed by atoms with Crippen molar-refractivity contribution in [1.29, 1.82) is 0 Å². The summed E-state index contributed by atoms with van der Waals surface area (Å²) in [6, 6.07) is 2.70. The van der Waals surface area contributed by atoms with Crippen LogP contribution in [-0.4, -0.2) is 88.6 Å². The van der Waals surface area contributed by atoms with Gasteiger partial charge in [0.2, 0.25) is 35.4 Å². The number of aromatic nitrogens is 1. The highest BCUT2D eigenvalue weighted by atomic mass is 16.2. The first kappa shape index (κ1) is 32.5. The van der Waals surface area contributed by atoms with E-state index in [1.165, 1.54) is 11.8 Å². The molecule has 0 spiro atoms. The Balaban J connectivity index is 1.67. The van der Waals surface area contributed by atoms with Gasteiger partial charge < -0.3 is 36.5 Å². The second-order valence-electron chi connectivity index (χ2n) is 12.3. The molecule has 2 aromatic rings. The second kappa shape index (κ2) is 13.9. The van der Waals surface area contributed by atoms with Crippen LogP contribution in [0.3, 0.4) is 0 Å². The van der Waals surface area contributed by atoms with Crippen molar-refractivity contribution in [2.24, 2.45) is 11.8 Å². The van der Waals surface area contributed by atoms with Crippen LogP contribution in [0.25, 0.3) is 10.9 Å². The lowest BCUT2D eigenvalue weighted by Gasteiger charge is -2.32. The maximum absolute atomic E-state index is 13.9. The summed E-state index contributed by atoms with van der Waals surface area (Å²) in [6.07, 6.45) is 2.87. The highest BCUT2D eigenvalue weighted by Crippen LogP contribution is 2.22. The summed E-state index contributed by atoms with van der Waals surface area (Å²) in [5.41, 5.74) is 1.65. The van der Waals surface area contributed by atoms with Crippen LogP contribution in [-0.2, 0) is 35.2 Å². The third-order valence-electron chi connectivity index (χ3n) is 8.24. The SMILES string of the molecule is CC(C)[C@H]1NC(=O)[C@H]2CCCN2C(=O)[C@@H](C(C)C)NC(=O)[C@H](Cc2c[nH]c3ccccc23)NC(=O)[C@H](C)NC(=O)CNC1=O. The molecule has 2 aliphatic rings. The van der Waals surface area contributed by atoms with Crippen LogP contribution in [0.4, 0.5) is 0 Å². The van der Waals surface area contributed by atoms with Crippen molar-refractivity contribution in [1.82, 2.24) is 36.5 Å². The molecule has 2 saturated heterocycles. The third-order valence-corrected chi connectivity index (χ3v) is 8.24. The number of aromatic amines is 1. The van der Waals surface area contributed by atoms with Crippen molar-refractivity contribution in [2.75, 3.05) is 13.1 Å². The molecule has 13 heteroatoms. The smallest absolute Gasteiger partial charge is 0.246 e. The number of carbonyl (C=O) groups is 6. The van der Waals surface area contributed by atoms with E-state index < -0.39 is 72.2 Å². The van der Waals surface area contributed by atoms with Crippen LogP contribution >= 0.6 is 0 Å². The summed E-state index contributed by atoms with van der Waals surface area (Å²) >= 11 is 0. The molecule has 0 aliphatic carbocycles. The lowest BCUT2D eigenvalue weighted by Crippen LogP contribution is -2.61. The molecular weight excluding hydrogens is 566 g/mol. The zero-order valence-electron chi connectivity index (χ0n) is 25.9. The van der Waals surface area contributed by atoms with Crippen LogP contribution in [0.5, 0.6) is 0 Å². The lowest BCUT2D eigenvalue weighted by molar-refractivity contribution is -0.143. The highest BCUT2D eigenvalue weighted by molar-refractivity contribution is 5.98. The van der Waals surface area contributed by atoms with Crippen molar-refractivity contribution in [3.05, 3.63) is 36.0 Å². The maximum Gasteiger partial charge on any atom is 0.246 e. The van der Waals surface area contributed by atoms with Crippen LogP contribution in [0, 0.1) is 11.8 Å². The molecule has 238 valence electrons. The topological polar surface area (TPSA) is 182 Å². The van der Waals surface area contributed by atoms with Gasteiger partial charge in [0.1, 0.15) is 30.2 Å². The summed E-state index contributed by atoms with van der Waals surface area (Å²) in [5.74, 6) is -3.85. The molecule has 4 rings (SSSR count). The number of amides is 6. The molecule has 1 aromatic carbocycles.